The van der Waals surface area contributed by atoms with E-state index in [-0.39, 0.29) is 5.82 Å². The highest BCUT2D eigenvalue weighted by atomic mass is 19.1. The molecule has 1 heterocycles. The Morgan fingerprint density at radius 3 is 2.05 bits per heavy atom. The number of hydrogen-bond donors (Lipinski definition) is 1. The Hall–Kier alpha value is -2.16. The highest BCUT2D eigenvalue weighted by molar-refractivity contribution is 5.99. The van der Waals surface area contributed by atoms with Crippen molar-refractivity contribution in [1.82, 2.24) is 5.32 Å². The first kappa shape index (κ1) is 12.9. The van der Waals surface area contributed by atoms with Gasteiger partial charge in [-0.15, -0.1) is 0 Å². The van der Waals surface area contributed by atoms with Crippen LogP contribution in [0, 0.1) is 11.7 Å². The van der Waals surface area contributed by atoms with E-state index in [9.17, 15) is 4.39 Å². The molecule has 1 N–H and O–H groups in total. The molecule has 1 atom stereocenters. The minimum Gasteiger partial charge on any atom is -0.370 e. The molecule has 0 spiro atoms. The van der Waals surface area contributed by atoms with Gasteiger partial charge in [0.05, 0.1) is 0 Å². The van der Waals surface area contributed by atoms with E-state index in [2.05, 4.69) is 29.4 Å². The third-order valence-corrected chi connectivity index (χ3v) is 3.51. The molecule has 0 aliphatic carbocycles. The highest BCUT2D eigenvalue weighted by Crippen LogP contribution is 2.20. The van der Waals surface area contributed by atoms with Gasteiger partial charge in [-0.1, -0.05) is 43.3 Å². The summed E-state index contributed by atoms with van der Waals surface area (Å²) in [5.41, 5.74) is 3.20. The van der Waals surface area contributed by atoms with Crippen LogP contribution in [0.3, 0.4) is 0 Å². The molecule has 0 radical (unpaired) electrons. The van der Waals surface area contributed by atoms with E-state index < -0.39 is 0 Å². The number of hydrogen-bond acceptors (Lipinski definition) is 2. The largest absolute Gasteiger partial charge is 0.370 e. The maximum atomic E-state index is 12.9. The number of nitrogens with zero attached hydrogens (tertiary/aromatic N) is 1. The second kappa shape index (κ2) is 5.45. The summed E-state index contributed by atoms with van der Waals surface area (Å²) in [4.78, 5) is 4.55. The topological polar surface area (TPSA) is 24.4 Å². The van der Waals surface area contributed by atoms with Crippen molar-refractivity contribution >= 4 is 5.84 Å². The molecule has 2 aromatic carbocycles. The lowest BCUT2D eigenvalue weighted by Crippen LogP contribution is -2.35. The minimum atomic E-state index is -0.208. The molecule has 2 nitrogen and oxygen atoms in total. The standard InChI is InChI=1S/C17H17FN2/c1-12-10-19-17(20-11-12)15-4-2-13(3-5-15)14-6-8-16(18)9-7-14/h2-9,12H,10-11H2,1H3,(H,19,20). The third kappa shape index (κ3) is 2.72. The highest BCUT2D eigenvalue weighted by Gasteiger charge is 2.11. The predicted octanol–water partition coefficient (Wildman–Crippen LogP) is 3.48. The van der Waals surface area contributed by atoms with E-state index in [1.54, 1.807) is 12.1 Å². The van der Waals surface area contributed by atoms with Gasteiger partial charge in [-0.3, -0.25) is 4.99 Å². The number of halogens is 1. The second-order valence-corrected chi connectivity index (χ2v) is 5.26. The van der Waals surface area contributed by atoms with Crippen LogP contribution in [-0.2, 0) is 0 Å². The molecule has 102 valence electrons. The molecule has 1 unspecified atom stereocenters. The van der Waals surface area contributed by atoms with Crippen molar-refractivity contribution in [2.45, 2.75) is 6.92 Å². The van der Waals surface area contributed by atoms with E-state index in [0.29, 0.717) is 5.92 Å². The van der Waals surface area contributed by atoms with Crippen molar-refractivity contribution in [2.24, 2.45) is 10.9 Å². The van der Waals surface area contributed by atoms with Crippen LogP contribution in [-0.4, -0.2) is 18.9 Å². The van der Waals surface area contributed by atoms with Crippen LogP contribution in [0.4, 0.5) is 4.39 Å². The molecular formula is C17H17FN2. The first-order chi connectivity index (χ1) is 9.72. The fourth-order valence-electron chi connectivity index (χ4n) is 2.29. The van der Waals surface area contributed by atoms with Crippen molar-refractivity contribution in [2.75, 3.05) is 13.1 Å². The molecule has 0 amide bonds. The van der Waals surface area contributed by atoms with Gasteiger partial charge in [0.15, 0.2) is 0 Å². The zero-order valence-corrected chi connectivity index (χ0v) is 11.4. The summed E-state index contributed by atoms with van der Waals surface area (Å²) < 4.78 is 12.9. The first-order valence-corrected chi connectivity index (χ1v) is 6.87. The van der Waals surface area contributed by atoms with Gasteiger partial charge in [0.2, 0.25) is 0 Å². The Kier molecular flexibility index (Phi) is 3.50. The number of amidine groups is 1. The lowest BCUT2D eigenvalue weighted by Gasteiger charge is -2.20. The van der Waals surface area contributed by atoms with Crippen LogP contribution in [0.25, 0.3) is 11.1 Å². The van der Waals surface area contributed by atoms with E-state index in [4.69, 9.17) is 0 Å². The van der Waals surface area contributed by atoms with Gasteiger partial charge in [0.1, 0.15) is 11.7 Å². The Morgan fingerprint density at radius 1 is 0.950 bits per heavy atom. The van der Waals surface area contributed by atoms with Gasteiger partial charge in [-0.2, -0.15) is 0 Å². The second-order valence-electron chi connectivity index (χ2n) is 5.26. The van der Waals surface area contributed by atoms with Crippen molar-refractivity contribution in [3.63, 3.8) is 0 Å². The normalized spacial score (nSPS) is 18.3. The maximum absolute atomic E-state index is 12.9. The lowest BCUT2D eigenvalue weighted by molar-refractivity contribution is 0.554. The minimum absolute atomic E-state index is 0.208. The summed E-state index contributed by atoms with van der Waals surface area (Å²) in [6, 6.07) is 14.8. The maximum Gasteiger partial charge on any atom is 0.128 e. The van der Waals surface area contributed by atoms with Gasteiger partial charge < -0.3 is 5.32 Å². The van der Waals surface area contributed by atoms with Gasteiger partial charge in [-0.05, 0) is 29.2 Å². The molecule has 3 heteroatoms. The van der Waals surface area contributed by atoms with Gasteiger partial charge in [0, 0.05) is 18.7 Å². The molecular weight excluding hydrogens is 251 g/mol. The van der Waals surface area contributed by atoms with Gasteiger partial charge in [0.25, 0.3) is 0 Å². The molecule has 0 fully saturated rings. The summed E-state index contributed by atoms with van der Waals surface area (Å²) in [6.45, 7) is 4.03. The average Bonchev–Trinajstić information content (AvgIpc) is 2.49. The molecule has 1 aliphatic heterocycles. The number of rotatable bonds is 2. The van der Waals surface area contributed by atoms with E-state index in [1.807, 2.05) is 12.1 Å². The van der Waals surface area contributed by atoms with Crippen LogP contribution < -0.4 is 5.32 Å². The van der Waals surface area contributed by atoms with Crippen molar-refractivity contribution in [3.05, 3.63) is 59.9 Å². The van der Waals surface area contributed by atoms with Crippen LogP contribution in [0.2, 0.25) is 0 Å². The lowest BCUT2D eigenvalue weighted by atomic mass is 10.0. The van der Waals surface area contributed by atoms with Crippen LogP contribution in [0.5, 0.6) is 0 Å². The summed E-state index contributed by atoms with van der Waals surface area (Å²) in [6.07, 6.45) is 0. The Morgan fingerprint density at radius 2 is 1.50 bits per heavy atom. The predicted molar refractivity (Wildman–Crippen MR) is 80.4 cm³/mol. The smallest absolute Gasteiger partial charge is 0.128 e. The zero-order valence-electron chi connectivity index (χ0n) is 11.4. The Balaban J connectivity index is 1.83. The van der Waals surface area contributed by atoms with E-state index in [0.717, 1.165) is 35.6 Å². The Bertz CT molecular complexity index is 614. The Labute approximate surface area is 118 Å². The molecule has 0 saturated heterocycles. The molecule has 3 rings (SSSR count). The molecule has 0 saturated carbocycles. The van der Waals surface area contributed by atoms with E-state index >= 15 is 0 Å². The SMILES string of the molecule is CC1CN=C(c2ccc(-c3ccc(F)cc3)cc2)NC1. The summed E-state index contributed by atoms with van der Waals surface area (Å²) in [7, 11) is 0. The molecule has 0 bridgehead atoms. The van der Waals surface area contributed by atoms with E-state index in [1.165, 1.54) is 12.1 Å². The summed E-state index contributed by atoms with van der Waals surface area (Å²) in [5, 5.41) is 3.35. The monoisotopic (exact) mass is 268 g/mol. The van der Waals surface area contributed by atoms with Gasteiger partial charge >= 0.3 is 0 Å². The van der Waals surface area contributed by atoms with Crippen molar-refractivity contribution < 1.29 is 4.39 Å². The summed E-state index contributed by atoms with van der Waals surface area (Å²) >= 11 is 0. The van der Waals surface area contributed by atoms with Gasteiger partial charge in [-0.25, -0.2) is 4.39 Å². The molecule has 1 aliphatic rings. The van der Waals surface area contributed by atoms with Crippen molar-refractivity contribution in [3.8, 4) is 11.1 Å². The molecule has 0 aromatic heterocycles. The number of aliphatic imine (C=N–C) groups is 1. The first-order valence-electron chi connectivity index (χ1n) is 6.87. The van der Waals surface area contributed by atoms with Crippen LogP contribution >= 0.6 is 0 Å². The number of nitrogens with one attached hydrogen (secondary N) is 1. The van der Waals surface area contributed by atoms with Crippen LogP contribution in [0.1, 0.15) is 12.5 Å². The van der Waals surface area contributed by atoms with Crippen molar-refractivity contribution in [1.29, 1.82) is 0 Å². The fourth-order valence-corrected chi connectivity index (χ4v) is 2.29. The fraction of sp³-hybridized carbons (Fsp3) is 0.235. The molecule has 20 heavy (non-hydrogen) atoms. The quantitative estimate of drug-likeness (QED) is 0.886. The third-order valence-electron chi connectivity index (χ3n) is 3.51. The zero-order chi connectivity index (χ0) is 13.9. The summed E-state index contributed by atoms with van der Waals surface area (Å²) in [5.74, 6) is 1.35. The number of benzene rings is 2. The van der Waals surface area contributed by atoms with Crippen LogP contribution in [0.15, 0.2) is 53.5 Å². The molecule has 2 aromatic rings. The average molecular weight is 268 g/mol.